The molecule has 1 aromatic carbocycles. The Morgan fingerprint density at radius 1 is 1.12 bits per heavy atom. The third-order valence-corrected chi connectivity index (χ3v) is 5.27. The Kier molecular flexibility index (Phi) is 4.00. The van der Waals surface area contributed by atoms with Gasteiger partial charge in [0.25, 0.3) is 5.91 Å². The first kappa shape index (κ1) is 16.4. The van der Waals surface area contributed by atoms with Crippen LogP contribution < -0.4 is 5.32 Å². The maximum absolute atomic E-state index is 12.5. The molecule has 0 bridgehead atoms. The third-order valence-electron chi connectivity index (χ3n) is 4.51. The molecule has 6 nitrogen and oxygen atoms in total. The molecule has 0 saturated heterocycles. The van der Waals surface area contributed by atoms with Crippen molar-refractivity contribution in [3.05, 3.63) is 59.0 Å². The van der Waals surface area contributed by atoms with Gasteiger partial charge >= 0.3 is 0 Å². The van der Waals surface area contributed by atoms with Crippen LogP contribution in [0.4, 0.5) is 5.13 Å². The first-order valence-electron chi connectivity index (χ1n) is 8.14. The Bertz CT molecular complexity index is 1130. The van der Waals surface area contributed by atoms with Gasteiger partial charge in [0.15, 0.2) is 5.13 Å². The summed E-state index contributed by atoms with van der Waals surface area (Å²) in [5.74, 6) is -0.209. The number of amides is 1. The zero-order chi connectivity index (χ0) is 18.3. The summed E-state index contributed by atoms with van der Waals surface area (Å²) in [6.45, 7) is 4.13. The average Bonchev–Trinajstić information content (AvgIpc) is 3.21. The standard InChI is InChI=1S/C19H17N5OS/c1-11-8-14(12(2)24(11)3)17-10-26-19(22-17)23-18(25)13-4-5-15-16(9-13)21-7-6-20-15/h4-10H,1-3H3,(H,22,23,25). The molecule has 4 rings (SSSR count). The van der Waals surface area contributed by atoms with Crippen LogP contribution in [0.3, 0.4) is 0 Å². The number of rotatable bonds is 3. The van der Waals surface area contributed by atoms with Gasteiger partial charge in [0.05, 0.1) is 16.7 Å². The normalized spacial score (nSPS) is 11.0. The third kappa shape index (κ3) is 2.86. The number of hydrogen-bond acceptors (Lipinski definition) is 5. The van der Waals surface area contributed by atoms with Crippen molar-refractivity contribution in [3.63, 3.8) is 0 Å². The highest BCUT2D eigenvalue weighted by molar-refractivity contribution is 7.14. The van der Waals surface area contributed by atoms with Crippen molar-refractivity contribution < 1.29 is 4.79 Å². The number of nitrogens with one attached hydrogen (secondary N) is 1. The lowest BCUT2D eigenvalue weighted by Gasteiger charge is -2.03. The molecule has 0 unspecified atom stereocenters. The average molecular weight is 363 g/mol. The Hall–Kier alpha value is -3.06. The number of nitrogens with zero attached hydrogens (tertiary/aromatic N) is 4. The number of carbonyl (C=O) groups is 1. The molecule has 0 radical (unpaired) electrons. The monoisotopic (exact) mass is 363 g/mol. The van der Waals surface area contributed by atoms with Crippen LogP contribution in [0, 0.1) is 13.8 Å². The number of hydrogen-bond donors (Lipinski definition) is 1. The van der Waals surface area contributed by atoms with Gasteiger partial charge in [-0.2, -0.15) is 0 Å². The molecule has 0 aliphatic rings. The summed E-state index contributed by atoms with van der Waals surface area (Å²) in [4.78, 5) is 25.6. The molecule has 130 valence electrons. The van der Waals surface area contributed by atoms with Crippen molar-refractivity contribution in [1.82, 2.24) is 19.5 Å². The molecule has 4 aromatic rings. The molecule has 0 spiro atoms. The van der Waals surface area contributed by atoms with Gasteiger partial charge in [0.2, 0.25) is 0 Å². The van der Waals surface area contributed by atoms with Crippen molar-refractivity contribution in [2.24, 2.45) is 7.05 Å². The van der Waals surface area contributed by atoms with E-state index in [9.17, 15) is 4.79 Å². The lowest BCUT2D eigenvalue weighted by Crippen LogP contribution is -2.11. The number of fused-ring (bicyclic) bond motifs is 1. The van der Waals surface area contributed by atoms with Crippen LogP contribution in [0.5, 0.6) is 0 Å². The topological polar surface area (TPSA) is 72.7 Å². The fourth-order valence-corrected chi connectivity index (χ4v) is 3.55. The first-order valence-corrected chi connectivity index (χ1v) is 9.02. The lowest BCUT2D eigenvalue weighted by molar-refractivity contribution is 0.102. The zero-order valence-corrected chi connectivity index (χ0v) is 15.5. The van der Waals surface area contributed by atoms with Crippen LogP contribution in [0.1, 0.15) is 21.7 Å². The van der Waals surface area contributed by atoms with E-state index in [1.807, 2.05) is 12.4 Å². The largest absolute Gasteiger partial charge is 0.351 e. The smallest absolute Gasteiger partial charge is 0.257 e. The maximum Gasteiger partial charge on any atom is 0.257 e. The number of anilines is 1. The van der Waals surface area contributed by atoms with Crippen molar-refractivity contribution in [1.29, 1.82) is 0 Å². The van der Waals surface area contributed by atoms with Gasteiger partial charge in [-0.15, -0.1) is 11.3 Å². The highest BCUT2D eigenvalue weighted by atomic mass is 32.1. The number of carbonyl (C=O) groups excluding carboxylic acids is 1. The molecule has 3 heterocycles. The summed E-state index contributed by atoms with van der Waals surface area (Å²) in [5.41, 5.74) is 6.26. The molecular formula is C19H17N5OS. The van der Waals surface area contributed by atoms with Crippen LogP contribution >= 0.6 is 11.3 Å². The van der Waals surface area contributed by atoms with E-state index in [4.69, 9.17) is 0 Å². The fourth-order valence-electron chi connectivity index (χ4n) is 2.84. The maximum atomic E-state index is 12.5. The van der Waals surface area contributed by atoms with Gasteiger partial charge in [0.1, 0.15) is 0 Å². The minimum absolute atomic E-state index is 0.209. The molecule has 3 aromatic heterocycles. The van der Waals surface area contributed by atoms with Crippen molar-refractivity contribution in [3.8, 4) is 11.3 Å². The minimum atomic E-state index is -0.209. The molecule has 7 heteroatoms. The van der Waals surface area contributed by atoms with Crippen LogP contribution in [0.25, 0.3) is 22.3 Å². The molecule has 0 aliphatic carbocycles. The number of aromatic nitrogens is 4. The summed E-state index contributed by atoms with van der Waals surface area (Å²) in [6, 6.07) is 7.38. The van der Waals surface area contributed by atoms with Crippen LogP contribution in [-0.4, -0.2) is 25.4 Å². The summed E-state index contributed by atoms with van der Waals surface area (Å²) in [6.07, 6.45) is 3.24. The number of thiazole rings is 1. The van der Waals surface area contributed by atoms with Gasteiger partial charge in [-0.25, -0.2) is 4.98 Å². The summed E-state index contributed by atoms with van der Waals surface area (Å²) >= 11 is 1.41. The molecule has 0 aliphatic heterocycles. The van der Waals surface area contributed by atoms with Crippen LogP contribution in [0.15, 0.2) is 42.0 Å². The van der Waals surface area contributed by atoms with Crippen LogP contribution in [-0.2, 0) is 7.05 Å². The quantitative estimate of drug-likeness (QED) is 0.598. The molecule has 1 amide bonds. The Morgan fingerprint density at radius 3 is 2.62 bits per heavy atom. The predicted octanol–water partition coefficient (Wildman–Crippen LogP) is 3.96. The van der Waals surface area contributed by atoms with E-state index in [2.05, 4.69) is 44.7 Å². The Morgan fingerprint density at radius 2 is 1.88 bits per heavy atom. The van der Waals surface area contributed by atoms with E-state index in [-0.39, 0.29) is 5.91 Å². The Labute approximate surface area is 154 Å². The first-order chi connectivity index (χ1) is 12.5. The van der Waals surface area contributed by atoms with E-state index < -0.39 is 0 Å². The van der Waals surface area contributed by atoms with Gasteiger partial charge in [-0.05, 0) is 38.1 Å². The van der Waals surface area contributed by atoms with Gasteiger partial charge < -0.3 is 4.57 Å². The molecule has 26 heavy (non-hydrogen) atoms. The highest BCUT2D eigenvalue weighted by Gasteiger charge is 2.14. The van der Waals surface area contributed by atoms with E-state index in [1.165, 1.54) is 17.0 Å². The lowest BCUT2D eigenvalue weighted by atomic mass is 10.2. The second-order valence-electron chi connectivity index (χ2n) is 6.10. The van der Waals surface area contributed by atoms with Gasteiger partial charge in [0, 0.05) is 47.3 Å². The van der Waals surface area contributed by atoms with E-state index >= 15 is 0 Å². The minimum Gasteiger partial charge on any atom is -0.351 e. The molecule has 0 saturated carbocycles. The van der Waals surface area contributed by atoms with E-state index in [0.29, 0.717) is 16.2 Å². The molecule has 1 N–H and O–H groups in total. The zero-order valence-electron chi connectivity index (χ0n) is 14.6. The molecule has 0 fully saturated rings. The predicted molar refractivity (Wildman–Crippen MR) is 103 cm³/mol. The van der Waals surface area contributed by atoms with Gasteiger partial charge in [-0.3, -0.25) is 20.1 Å². The Balaban J connectivity index is 1.58. The summed E-state index contributed by atoms with van der Waals surface area (Å²) < 4.78 is 2.13. The van der Waals surface area contributed by atoms with E-state index in [1.54, 1.807) is 30.6 Å². The van der Waals surface area contributed by atoms with Crippen LogP contribution in [0.2, 0.25) is 0 Å². The van der Waals surface area contributed by atoms with Gasteiger partial charge in [-0.1, -0.05) is 0 Å². The van der Waals surface area contributed by atoms with E-state index in [0.717, 1.165) is 22.5 Å². The SMILES string of the molecule is Cc1cc(-c2csc(NC(=O)c3ccc4nccnc4c3)n2)c(C)n1C. The number of benzene rings is 1. The van der Waals surface area contributed by atoms with Crippen molar-refractivity contribution in [2.45, 2.75) is 13.8 Å². The molecule has 0 atom stereocenters. The summed E-state index contributed by atoms with van der Waals surface area (Å²) in [5, 5.41) is 5.40. The second kappa shape index (κ2) is 6.34. The van der Waals surface area contributed by atoms with Crippen molar-refractivity contribution in [2.75, 3.05) is 5.32 Å². The van der Waals surface area contributed by atoms with Crippen molar-refractivity contribution >= 4 is 33.4 Å². The molecular weight excluding hydrogens is 346 g/mol. The number of aryl methyl sites for hydroxylation is 1. The second-order valence-corrected chi connectivity index (χ2v) is 6.95. The highest BCUT2D eigenvalue weighted by Crippen LogP contribution is 2.29. The fraction of sp³-hybridized carbons (Fsp3) is 0.158. The summed E-state index contributed by atoms with van der Waals surface area (Å²) in [7, 11) is 2.03.